The maximum atomic E-state index is 12.2. The molecule has 2 aliphatic rings. The Morgan fingerprint density at radius 1 is 1.50 bits per heavy atom. The highest BCUT2D eigenvalue weighted by molar-refractivity contribution is 5.92. The van der Waals surface area contributed by atoms with Gasteiger partial charge in [-0.2, -0.15) is 0 Å². The van der Waals surface area contributed by atoms with E-state index in [0.29, 0.717) is 18.3 Å². The van der Waals surface area contributed by atoms with Crippen molar-refractivity contribution in [1.82, 2.24) is 25.2 Å². The largest absolute Gasteiger partial charge is 0.333 e. The molecule has 3 heterocycles. The van der Waals surface area contributed by atoms with Gasteiger partial charge in [0.15, 0.2) is 5.69 Å². The molecular weight excluding hydrogens is 230 g/mol. The van der Waals surface area contributed by atoms with Crippen LogP contribution < -0.4 is 5.32 Å². The zero-order valence-electron chi connectivity index (χ0n) is 10.5. The number of nitrogens with one attached hydrogen (secondary N) is 1. The Kier molecular flexibility index (Phi) is 2.87. The molecule has 0 spiro atoms. The molecule has 2 aliphatic heterocycles. The van der Waals surface area contributed by atoms with Gasteiger partial charge in [-0.15, -0.1) is 5.10 Å². The summed E-state index contributed by atoms with van der Waals surface area (Å²) >= 11 is 0. The van der Waals surface area contributed by atoms with E-state index in [9.17, 15) is 4.79 Å². The molecule has 1 fully saturated rings. The Labute approximate surface area is 106 Å². The number of amides is 1. The average Bonchev–Trinajstić information content (AvgIpc) is 2.76. The Bertz CT molecular complexity index is 488. The number of hydrogen-bond donors (Lipinski definition) is 1. The van der Waals surface area contributed by atoms with Crippen molar-refractivity contribution in [3.05, 3.63) is 23.5 Å². The number of hydrogen-bond acceptors (Lipinski definition) is 4. The molecule has 1 aromatic heterocycles. The van der Waals surface area contributed by atoms with Gasteiger partial charge >= 0.3 is 0 Å². The summed E-state index contributed by atoms with van der Waals surface area (Å²) in [4.78, 5) is 14.0. The highest BCUT2D eigenvalue weighted by Gasteiger charge is 2.24. The average molecular weight is 247 g/mol. The van der Waals surface area contributed by atoms with Gasteiger partial charge in [0.05, 0.1) is 12.2 Å². The second-order valence-corrected chi connectivity index (χ2v) is 4.95. The van der Waals surface area contributed by atoms with Gasteiger partial charge < -0.3 is 10.2 Å². The molecule has 0 unspecified atom stereocenters. The van der Waals surface area contributed by atoms with Gasteiger partial charge in [-0.3, -0.25) is 4.79 Å². The molecule has 0 radical (unpaired) electrons. The van der Waals surface area contributed by atoms with Crippen LogP contribution in [0.5, 0.6) is 0 Å². The van der Waals surface area contributed by atoms with Crippen molar-refractivity contribution in [3.8, 4) is 0 Å². The molecule has 0 bridgehead atoms. The van der Waals surface area contributed by atoms with Crippen molar-refractivity contribution >= 4 is 5.91 Å². The van der Waals surface area contributed by atoms with Crippen LogP contribution in [-0.2, 0) is 0 Å². The zero-order chi connectivity index (χ0) is 12.5. The molecule has 0 aromatic carbocycles. The Hall–Kier alpha value is -1.69. The molecule has 0 aliphatic carbocycles. The molecule has 1 aromatic rings. The van der Waals surface area contributed by atoms with Gasteiger partial charge in [0.1, 0.15) is 0 Å². The maximum absolute atomic E-state index is 12.2. The summed E-state index contributed by atoms with van der Waals surface area (Å²) in [6, 6.07) is 0.350. The monoisotopic (exact) mass is 247 g/mol. The summed E-state index contributed by atoms with van der Waals surface area (Å²) in [7, 11) is 0. The van der Waals surface area contributed by atoms with Crippen LogP contribution in [0.3, 0.4) is 0 Å². The fourth-order valence-corrected chi connectivity index (χ4v) is 2.13. The molecule has 0 saturated carbocycles. The zero-order valence-corrected chi connectivity index (χ0v) is 10.5. The number of carbonyl (C=O) groups excluding carboxylic acids is 1. The molecule has 6 nitrogen and oxygen atoms in total. The van der Waals surface area contributed by atoms with E-state index in [4.69, 9.17) is 0 Å². The van der Waals surface area contributed by atoms with Gasteiger partial charge in [0, 0.05) is 26.2 Å². The Balaban J connectivity index is 1.70. The lowest BCUT2D eigenvalue weighted by Gasteiger charge is -2.26. The van der Waals surface area contributed by atoms with Crippen LogP contribution in [0.2, 0.25) is 0 Å². The lowest BCUT2D eigenvalue weighted by Crippen LogP contribution is -2.43. The first-order valence-corrected chi connectivity index (χ1v) is 6.31. The fraction of sp³-hybridized carbons (Fsp3) is 0.583. The van der Waals surface area contributed by atoms with E-state index >= 15 is 0 Å². The quantitative estimate of drug-likeness (QED) is 0.759. The van der Waals surface area contributed by atoms with Gasteiger partial charge in [-0.05, 0) is 13.3 Å². The third kappa shape index (κ3) is 2.03. The van der Waals surface area contributed by atoms with Crippen molar-refractivity contribution in [1.29, 1.82) is 0 Å². The number of aromatic nitrogens is 3. The van der Waals surface area contributed by atoms with Crippen LogP contribution in [-0.4, -0.2) is 52.0 Å². The summed E-state index contributed by atoms with van der Waals surface area (Å²) in [6.45, 7) is 5.37. The van der Waals surface area contributed by atoms with Gasteiger partial charge in [-0.25, -0.2) is 4.68 Å². The maximum Gasteiger partial charge on any atom is 0.276 e. The number of rotatable bonds is 2. The van der Waals surface area contributed by atoms with Crippen LogP contribution in [0.1, 0.15) is 29.9 Å². The first kappa shape index (κ1) is 11.4. The third-order valence-electron chi connectivity index (χ3n) is 3.59. The highest BCUT2D eigenvalue weighted by Crippen LogP contribution is 2.14. The van der Waals surface area contributed by atoms with Crippen LogP contribution in [0, 0.1) is 0 Å². The summed E-state index contributed by atoms with van der Waals surface area (Å²) in [5.41, 5.74) is 1.80. The summed E-state index contributed by atoms with van der Waals surface area (Å²) in [6.07, 6.45) is 4.81. The molecule has 1 saturated heterocycles. The van der Waals surface area contributed by atoms with Crippen molar-refractivity contribution < 1.29 is 4.79 Å². The summed E-state index contributed by atoms with van der Waals surface area (Å²) in [5, 5.41) is 11.2. The van der Waals surface area contributed by atoms with Crippen LogP contribution in [0.4, 0.5) is 0 Å². The van der Waals surface area contributed by atoms with Crippen molar-refractivity contribution in [2.75, 3.05) is 26.2 Å². The predicted octanol–water partition coefficient (Wildman–Crippen LogP) is 0.215. The Morgan fingerprint density at radius 3 is 2.94 bits per heavy atom. The smallest absolute Gasteiger partial charge is 0.276 e. The summed E-state index contributed by atoms with van der Waals surface area (Å²) in [5.74, 6) is -0.0164. The first-order chi connectivity index (χ1) is 8.74. The topological polar surface area (TPSA) is 63.1 Å². The van der Waals surface area contributed by atoms with E-state index in [0.717, 1.165) is 26.1 Å². The molecule has 3 rings (SSSR count). The number of nitrogens with zero attached hydrogens (tertiary/aromatic N) is 4. The highest BCUT2D eigenvalue weighted by atomic mass is 16.2. The SMILES string of the molecule is CC1=CCN(C(=O)c2cn(C3CNC3)nn2)CC1. The van der Waals surface area contributed by atoms with Gasteiger partial charge in [-0.1, -0.05) is 16.9 Å². The van der Waals surface area contributed by atoms with E-state index < -0.39 is 0 Å². The van der Waals surface area contributed by atoms with Crippen LogP contribution >= 0.6 is 0 Å². The van der Waals surface area contributed by atoms with Gasteiger partial charge in [0.2, 0.25) is 0 Å². The van der Waals surface area contributed by atoms with E-state index in [1.807, 2.05) is 4.90 Å². The molecule has 96 valence electrons. The molecule has 6 heteroatoms. The fourth-order valence-electron chi connectivity index (χ4n) is 2.13. The van der Waals surface area contributed by atoms with Crippen LogP contribution in [0.25, 0.3) is 0 Å². The minimum atomic E-state index is -0.0164. The molecule has 1 amide bonds. The molecular formula is C12H17N5O. The number of carbonyl (C=O) groups is 1. The van der Waals surface area contributed by atoms with Crippen molar-refractivity contribution in [3.63, 3.8) is 0 Å². The predicted molar refractivity (Wildman–Crippen MR) is 66.2 cm³/mol. The third-order valence-corrected chi connectivity index (χ3v) is 3.59. The minimum absolute atomic E-state index is 0.0164. The second-order valence-electron chi connectivity index (χ2n) is 4.95. The first-order valence-electron chi connectivity index (χ1n) is 6.31. The van der Waals surface area contributed by atoms with E-state index in [1.165, 1.54) is 5.57 Å². The van der Waals surface area contributed by atoms with Crippen molar-refractivity contribution in [2.24, 2.45) is 0 Å². The molecule has 18 heavy (non-hydrogen) atoms. The minimum Gasteiger partial charge on any atom is -0.333 e. The standard InChI is InChI=1S/C12H17N5O/c1-9-2-4-16(5-3-9)12(18)11-8-17(15-14-11)10-6-13-7-10/h2,8,10,13H,3-7H2,1H3. The van der Waals surface area contributed by atoms with Crippen molar-refractivity contribution in [2.45, 2.75) is 19.4 Å². The van der Waals surface area contributed by atoms with E-state index in [2.05, 4.69) is 28.6 Å². The second kappa shape index (κ2) is 4.53. The van der Waals surface area contributed by atoms with Crippen LogP contribution in [0.15, 0.2) is 17.8 Å². The normalized spacial score (nSPS) is 20.5. The summed E-state index contributed by atoms with van der Waals surface area (Å²) < 4.78 is 1.79. The van der Waals surface area contributed by atoms with E-state index in [1.54, 1.807) is 10.9 Å². The Morgan fingerprint density at radius 2 is 2.33 bits per heavy atom. The lowest BCUT2D eigenvalue weighted by atomic mass is 10.1. The lowest BCUT2D eigenvalue weighted by molar-refractivity contribution is 0.0763. The molecule has 1 N–H and O–H groups in total. The van der Waals surface area contributed by atoms with Gasteiger partial charge in [0.25, 0.3) is 5.91 Å². The molecule has 0 atom stereocenters. The van der Waals surface area contributed by atoms with E-state index in [-0.39, 0.29) is 5.91 Å².